The van der Waals surface area contributed by atoms with Crippen molar-refractivity contribution >= 4 is 5.91 Å². The largest absolute Gasteiger partial charge is 0.326 e. The predicted molar refractivity (Wildman–Crippen MR) is 51.1 cm³/mol. The molecule has 0 aromatic rings. The molecule has 0 radical (unpaired) electrons. The molecule has 2 aliphatic rings. The molecular formula is C10H18N2O. The van der Waals surface area contributed by atoms with Gasteiger partial charge in [0, 0.05) is 6.04 Å². The smallest absolute Gasteiger partial charge is 0.237 e. The standard InChI is InChI=1S/C10H18N2O/c1-8(9-4-2-3-5-9)12-7-11-6-10(12)13/h8-9,11H,2-7H2,1H3. The summed E-state index contributed by atoms with van der Waals surface area (Å²) >= 11 is 0. The van der Waals surface area contributed by atoms with E-state index in [2.05, 4.69) is 12.2 Å². The zero-order valence-corrected chi connectivity index (χ0v) is 8.25. The Labute approximate surface area is 79.5 Å². The average molecular weight is 182 g/mol. The Morgan fingerprint density at radius 2 is 2.15 bits per heavy atom. The number of hydrogen-bond donors (Lipinski definition) is 1. The van der Waals surface area contributed by atoms with Crippen LogP contribution in [0.4, 0.5) is 0 Å². The van der Waals surface area contributed by atoms with E-state index in [0.29, 0.717) is 12.6 Å². The fourth-order valence-corrected chi connectivity index (χ4v) is 2.54. The summed E-state index contributed by atoms with van der Waals surface area (Å²) in [5, 5.41) is 3.10. The maximum Gasteiger partial charge on any atom is 0.237 e. The second-order valence-corrected chi connectivity index (χ2v) is 4.23. The Morgan fingerprint density at radius 1 is 1.46 bits per heavy atom. The van der Waals surface area contributed by atoms with Crippen LogP contribution in [-0.2, 0) is 4.79 Å². The highest BCUT2D eigenvalue weighted by Gasteiger charge is 2.31. The van der Waals surface area contributed by atoms with E-state index < -0.39 is 0 Å². The second-order valence-electron chi connectivity index (χ2n) is 4.23. The van der Waals surface area contributed by atoms with Crippen LogP contribution in [-0.4, -0.2) is 30.1 Å². The van der Waals surface area contributed by atoms with Crippen molar-refractivity contribution in [2.75, 3.05) is 13.2 Å². The topological polar surface area (TPSA) is 32.3 Å². The molecule has 0 bridgehead atoms. The summed E-state index contributed by atoms with van der Waals surface area (Å²) in [6.45, 7) is 3.49. The second kappa shape index (κ2) is 3.66. The number of nitrogens with zero attached hydrogens (tertiary/aromatic N) is 1. The van der Waals surface area contributed by atoms with Crippen LogP contribution < -0.4 is 5.32 Å². The van der Waals surface area contributed by atoms with Gasteiger partial charge in [0.15, 0.2) is 0 Å². The van der Waals surface area contributed by atoms with Crippen LogP contribution in [0.15, 0.2) is 0 Å². The Bertz CT molecular complexity index is 199. The van der Waals surface area contributed by atoms with E-state index in [1.54, 1.807) is 0 Å². The highest BCUT2D eigenvalue weighted by atomic mass is 16.2. The van der Waals surface area contributed by atoms with Gasteiger partial charge >= 0.3 is 0 Å². The van der Waals surface area contributed by atoms with Gasteiger partial charge < -0.3 is 4.90 Å². The molecule has 74 valence electrons. The molecule has 1 unspecified atom stereocenters. The van der Waals surface area contributed by atoms with Crippen molar-refractivity contribution in [2.45, 2.75) is 38.6 Å². The number of rotatable bonds is 2. The summed E-state index contributed by atoms with van der Waals surface area (Å²) in [6, 6.07) is 0.449. The van der Waals surface area contributed by atoms with Crippen LogP contribution in [0.3, 0.4) is 0 Å². The van der Waals surface area contributed by atoms with Gasteiger partial charge in [-0.1, -0.05) is 12.8 Å². The van der Waals surface area contributed by atoms with Crippen molar-refractivity contribution in [3.8, 4) is 0 Å². The van der Waals surface area contributed by atoms with Crippen molar-refractivity contribution in [1.82, 2.24) is 10.2 Å². The highest BCUT2D eigenvalue weighted by molar-refractivity contribution is 5.80. The molecule has 1 saturated carbocycles. The van der Waals surface area contributed by atoms with Crippen LogP contribution >= 0.6 is 0 Å². The number of nitrogens with one attached hydrogen (secondary N) is 1. The minimum absolute atomic E-state index is 0.277. The van der Waals surface area contributed by atoms with Crippen LogP contribution in [0.2, 0.25) is 0 Å². The Hall–Kier alpha value is -0.570. The van der Waals surface area contributed by atoms with Gasteiger partial charge in [0.2, 0.25) is 5.91 Å². The molecule has 13 heavy (non-hydrogen) atoms. The molecule has 1 amide bonds. The molecule has 0 aromatic heterocycles. The lowest BCUT2D eigenvalue weighted by Crippen LogP contribution is -2.39. The maximum atomic E-state index is 11.4. The first-order chi connectivity index (χ1) is 6.29. The van der Waals surface area contributed by atoms with E-state index in [4.69, 9.17) is 0 Å². The fourth-order valence-electron chi connectivity index (χ4n) is 2.54. The minimum atomic E-state index is 0.277. The number of amides is 1. The van der Waals surface area contributed by atoms with Crippen LogP contribution in [0.1, 0.15) is 32.6 Å². The molecule has 1 atom stereocenters. The van der Waals surface area contributed by atoms with E-state index in [9.17, 15) is 4.79 Å². The molecule has 1 N–H and O–H groups in total. The third kappa shape index (κ3) is 1.70. The lowest BCUT2D eigenvalue weighted by Gasteiger charge is -2.28. The lowest BCUT2D eigenvalue weighted by atomic mass is 9.99. The molecule has 1 saturated heterocycles. The van der Waals surface area contributed by atoms with Crippen molar-refractivity contribution in [3.05, 3.63) is 0 Å². The van der Waals surface area contributed by atoms with Crippen LogP contribution in [0.5, 0.6) is 0 Å². The molecule has 2 fully saturated rings. The third-order valence-electron chi connectivity index (χ3n) is 3.45. The highest BCUT2D eigenvalue weighted by Crippen LogP contribution is 2.30. The average Bonchev–Trinajstić information content (AvgIpc) is 2.72. The Kier molecular flexibility index (Phi) is 2.54. The first-order valence-electron chi connectivity index (χ1n) is 5.29. The molecule has 2 rings (SSSR count). The summed E-state index contributed by atoms with van der Waals surface area (Å²) < 4.78 is 0. The quantitative estimate of drug-likeness (QED) is 0.689. The summed E-state index contributed by atoms with van der Waals surface area (Å²) in [4.78, 5) is 13.4. The van der Waals surface area contributed by atoms with Gasteiger partial charge in [0.05, 0.1) is 13.2 Å². The Morgan fingerprint density at radius 3 is 2.69 bits per heavy atom. The first kappa shape index (κ1) is 9.00. The van der Waals surface area contributed by atoms with Gasteiger partial charge in [-0.2, -0.15) is 0 Å². The zero-order valence-electron chi connectivity index (χ0n) is 8.25. The van der Waals surface area contributed by atoms with Gasteiger partial charge in [-0.3, -0.25) is 10.1 Å². The van der Waals surface area contributed by atoms with Crippen molar-refractivity contribution in [1.29, 1.82) is 0 Å². The van der Waals surface area contributed by atoms with Crippen molar-refractivity contribution < 1.29 is 4.79 Å². The van der Waals surface area contributed by atoms with Gasteiger partial charge in [0.1, 0.15) is 0 Å². The van der Waals surface area contributed by atoms with Gasteiger partial charge in [-0.05, 0) is 25.7 Å². The number of carbonyl (C=O) groups excluding carboxylic acids is 1. The summed E-state index contributed by atoms with van der Waals surface area (Å²) in [5.74, 6) is 1.03. The fraction of sp³-hybridized carbons (Fsp3) is 0.900. The maximum absolute atomic E-state index is 11.4. The summed E-state index contributed by atoms with van der Waals surface area (Å²) in [6.07, 6.45) is 5.32. The van der Waals surface area contributed by atoms with E-state index >= 15 is 0 Å². The molecule has 1 aliphatic carbocycles. The van der Waals surface area contributed by atoms with E-state index in [1.807, 2.05) is 4.90 Å². The van der Waals surface area contributed by atoms with Crippen LogP contribution in [0.25, 0.3) is 0 Å². The monoisotopic (exact) mass is 182 g/mol. The van der Waals surface area contributed by atoms with Gasteiger partial charge in [0.25, 0.3) is 0 Å². The van der Waals surface area contributed by atoms with E-state index in [0.717, 1.165) is 12.6 Å². The van der Waals surface area contributed by atoms with Gasteiger partial charge in [-0.15, -0.1) is 0 Å². The molecule has 1 aliphatic heterocycles. The molecule has 0 spiro atoms. The van der Waals surface area contributed by atoms with E-state index in [1.165, 1.54) is 25.7 Å². The molecule has 0 aromatic carbocycles. The molecule has 1 heterocycles. The normalized spacial score (nSPS) is 27.2. The molecular weight excluding hydrogens is 164 g/mol. The lowest BCUT2D eigenvalue weighted by molar-refractivity contribution is -0.129. The zero-order chi connectivity index (χ0) is 9.26. The first-order valence-corrected chi connectivity index (χ1v) is 5.29. The third-order valence-corrected chi connectivity index (χ3v) is 3.45. The summed E-state index contributed by atoms with van der Waals surface area (Å²) in [7, 11) is 0. The van der Waals surface area contributed by atoms with Crippen molar-refractivity contribution in [3.63, 3.8) is 0 Å². The predicted octanol–water partition coefficient (Wildman–Crippen LogP) is 0.954. The van der Waals surface area contributed by atoms with Crippen molar-refractivity contribution in [2.24, 2.45) is 5.92 Å². The van der Waals surface area contributed by atoms with Crippen LogP contribution in [0, 0.1) is 5.92 Å². The minimum Gasteiger partial charge on any atom is -0.326 e. The van der Waals surface area contributed by atoms with E-state index in [-0.39, 0.29) is 5.91 Å². The molecule has 3 heteroatoms. The number of hydrogen-bond acceptors (Lipinski definition) is 2. The van der Waals surface area contributed by atoms with Gasteiger partial charge in [-0.25, -0.2) is 0 Å². The molecule has 3 nitrogen and oxygen atoms in total. The summed E-state index contributed by atoms with van der Waals surface area (Å²) in [5.41, 5.74) is 0. The SMILES string of the molecule is CC(C1CCCC1)N1CNCC1=O. The number of carbonyl (C=O) groups is 1. The Balaban J connectivity index is 1.94.